The zero-order valence-corrected chi connectivity index (χ0v) is 15.3. The normalized spacial score (nSPS) is 20.8. The third kappa shape index (κ3) is 3.81. The first-order valence-corrected chi connectivity index (χ1v) is 9.42. The Morgan fingerprint density at radius 3 is 2.29 bits per heavy atom. The number of piperidine rings is 1. The van der Waals surface area contributed by atoms with E-state index in [1.807, 2.05) is 29.2 Å². The van der Waals surface area contributed by atoms with Crippen molar-refractivity contribution in [3.63, 3.8) is 0 Å². The molecule has 0 bridgehead atoms. The number of benzene rings is 1. The number of likely N-dealkylation sites (tertiary alicyclic amines) is 1. The summed E-state index contributed by atoms with van der Waals surface area (Å²) in [7, 11) is 0. The number of hydrogen-bond donors (Lipinski definition) is 2. The Kier molecular flexibility index (Phi) is 5.25. The maximum absolute atomic E-state index is 12.6. The van der Waals surface area contributed by atoms with Gasteiger partial charge in [0.25, 0.3) is 0 Å². The van der Waals surface area contributed by atoms with Crippen LogP contribution < -0.4 is 11.1 Å². The lowest BCUT2D eigenvalue weighted by Gasteiger charge is -2.36. The van der Waals surface area contributed by atoms with E-state index in [9.17, 15) is 9.59 Å². The fourth-order valence-electron chi connectivity index (χ4n) is 3.66. The van der Waals surface area contributed by atoms with Crippen LogP contribution in [0.1, 0.15) is 38.5 Å². The van der Waals surface area contributed by atoms with Crippen molar-refractivity contribution in [1.82, 2.24) is 4.90 Å². The van der Waals surface area contributed by atoms with E-state index in [0.29, 0.717) is 25.9 Å². The highest BCUT2D eigenvalue weighted by molar-refractivity contribution is 9.10. The molecule has 2 fully saturated rings. The Bertz CT molecular complexity index is 603. The molecule has 130 valence electrons. The van der Waals surface area contributed by atoms with Crippen LogP contribution in [0.5, 0.6) is 0 Å². The fourth-order valence-corrected chi connectivity index (χ4v) is 3.92. The minimum atomic E-state index is -0.660. The Morgan fingerprint density at radius 2 is 1.71 bits per heavy atom. The van der Waals surface area contributed by atoms with Crippen LogP contribution in [0.4, 0.5) is 5.69 Å². The third-order valence-electron chi connectivity index (χ3n) is 5.19. The predicted molar refractivity (Wildman–Crippen MR) is 97.5 cm³/mol. The quantitative estimate of drug-likeness (QED) is 0.828. The maximum atomic E-state index is 12.6. The number of hydrogen-bond acceptors (Lipinski definition) is 3. The number of amides is 2. The summed E-state index contributed by atoms with van der Waals surface area (Å²) in [4.78, 5) is 26.9. The maximum Gasteiger partial charge on any atom is 0.242 e. The summed E-state index contributed by atoms with van der Waals surface area (Å²) in [6, 6.07) is 7.55. The van der Waals surface area contributed by atoms with Crippen molar-refractivity contribution in [3.05, 3.63) is 28.7 Å². The molecule has 3 rings (SSSR count). The standard InChI is InChI=1S/C18H24BrN3O2/c19-14-3-5-15(6-4-14)21-16(23)13-7-11-22(12-8-13)17(24)18(20)9-1-2-10-18/h3-6,13H,1-2,7-12,20H2,(H,21,23). The first-order chi connectivity index (χ1) is 11.5. The van der Waals surface area contributed by atoms with Gasteiger partial charge in [-0.05, 0) is 49.9 Å². The molecule has 2 amide bonds. The van der Waals surface area contributed by atoms with E-state index in [0.717, 1.165) is 35.8 Å². The molecule has 0 spiro atoms. The van der Waals surface area contributed by atoms with Crippen LogP contribution in [-0.4, -0.2) is 35.3 Å². The SMILES string of the molecule is NC1(C(=O)N2CCC(C(=O)Nc3ccc(Br)cc3)CC2)CCCC1. The molecule has 1 aromatic carbocycles. The first-order valence-electron chi connectivity index (χ1n) is 8.63. The van der Waals surface area contributed by atoms with Gasteiger partial charge in [-0.2, -0.15) is 0 Å². The van der Waals surface area contributed by atoms with Gasteiger partial charge in [0.1, 0.15) is 0 Å². The zero-order chi connectivity index (χ0) is 17.2. The molecule has 0 radical (unpaired) electrons. The molecule has 1 aromatic rings. The molecule has 6 heteroatoms. The van der Waals surface area contributed by atoms with Crippen molar-refractivity contribution < 1.29 is 9.59 Å². The van der Waals surface area contributed by atoms with Crippen LogP contribution in [0.25, 0.3) is 0 Å². The molecule has 24 heavy (non-hydrogen) atoms. The van der Waals surface area contributed by atoms with E-state index in [1.54, 1.807) is 0 Å². The summed E-state index contributed by atoms with van der Waals surface area (Å²) in [6.07, 6.45) is 5.04. The summed E-state index contributed by atoms with van der Waals surface area (Å²) < 4.78 is 0.981. The lowest BCUT2D eigenvalue weighted by molar-refractivity contribution is -0.139. The van der Waals surface area contributed by atoms with Crippen molar-refractivity contribution in [2.75, 3.05) is 18.4 Å². The van der Waals surface area contributed by atoms with Crippen molar-refractivity contribution in [3.8, 4) is 0 Å². The monoisotopic (exact) mass is 393 g/mol. The number of anilines is 1. The second-order valence-corrected chi connectivity index (χ2v) is 7.84. The molecule has 3 N–H and O–H groups in total. The van der Waals surface area contributed by atoms with Crippen LogP contribution in [0.3, 0.4) is 0 Å². The van der Waals surface area contributed by atoms with E-state index in [4.69, 9.17) is 5.73 Å². The number of carbonyl (C=O) groups is 2. The van der Waals surface area contributed by atoms with Gasteiger partial charge >= 0.3 is 0 Å². The van der Waals surface area contributed by atoms with Gasteiger partial charge in [0.05, 0.1) is 5.54 Å². The second kappa shape index (κ2) is 7.23. The summed E-state index contributed by atoms with van der Waals surface area (Å²) in [5, 5.41) is 2.96. The van der Waals surface area contributed by atoms with Gasteiger partial charge in [-0.25, -0.2) is 0 Å². The van der Waals surface area contributed by atoms with E-state index in [1.165, 1.54) is 0 Å². The van der Waals surface area contributed by atoms with Gasteiger partial charge in [-0.3, -0.25) is 9.59 Å². The average Bonchev–Trinajstić information content (AvgIpc) is 3.04. The number of rotatable bonds is 3. The van der Waals surface area contributed by atoms with Crippen molar-refractivity contribution in [1.29, 1.82) is 0 Å². The summed E-state index contributed by atoms with van der Waals surface area (Å²) in [5.74, 6) is 0.0644. The van der Waals surface area contributed by atoms with Gasteiger partial charge in [-0.1, -0.05) is 28.8 Å². The lowest BCUT2D eigenvalue weighted by atomic mass is 9.92. The van der Waals surface area contributed by atoms with Crippen LogP contribution in [0.15, 0.2) is 28.7 Å². The summed E-state index contributed by atoms with van der Waals surface area (Å²) in [5.41, 5.74) is 6.41. The fraction of sp³-hybridized carbons (Fsp3) is 0.556. The zero-order valence-electron chi connectivity index (χ0n) is 13.8. The molecule has 2 aliphatic rings. The largest absolute Gasteiger partial charge is 0.341 e. The minimum absolute atomic E-state index is 0.0350. The van der Waals surface area contributed by atoms with Crippen LogP contribution in [0.2, 0.25) is 0 Å². The van der Waals surface area contributed by atoms with Crippen molar-refractivity contribution in [2.45, 2.75) is 44.1 Å². The number of carbonyl (C=O) groups excluding carboxylic acids is 2. The lowest BCUT2D eigenvalue weighted by Crippen LogP contribution is -2.55. The Hall–Kier alpha value is -1.40. The highest BCUT2D eigenvalue weighted by Crippen LogP contribution is 2.30. The number of halogens is 1. The second-order valence-electron chi connectivity index (χ2n) is 6.93. The minimum Gasteiger partial charge on any atom is -0.341 e. The molecule has 1 saturated carbocycles. The number of nitrogens with one attached hydrogen (secondary N) is 1. The Labute approximate surface area is 151 Å². The molecule has 0 aromatic heterocycles. The molecular formula is C18H24BrN3O2. The Balaban J connectivity index is 1.52. The van der Waals surface area contributed by atoms with E-state index >= 15 is 0 Å². The van der Waals surface area contributed by atoms with Crippen molar-refractivity contribution in [2.24, 2.45) is 11.7 Å². The molecule has 1 aliphatic heterocycles. The van der Waals surface area contributed by atoms with Gasteiger partial charge in [-0.15, -0.1) is 0 Å². The molecule has 1 aliphatic carbocycles. The molecule has 5 nitrogen and oxygen atoms in total. The molecule has 1 saturated heterocycles. The molecule has 0 atom stereocenters. The molecular weight excluding hydrogens is 370 g/mol. The predicted octanol–water partition coefficient (Wildman–Crippen LogP) is 2.90. The van der Waals surface area contributed by atoms with Gasteiger partial charge in [0.2, 0.25) is 11.8 Å². The number of nitrogens with two attached hydrogens (primary N) is 1. The molecule has 0 unspecified atom stereocenters. The Morgan fingerprint density at radius 1 is 1.12 bits per heavy atom. The summed E-state index contributed by atoms with van der Waals surface area (Å²) >= 11 is 3.38. The topological polar surface area (TPSA) is 75.4 Å². The van der Waals surface area contributed by atoms with Gasteiger partial charge in [0.15, 0.2) is 0 Å². The average molecular weight is 394 g/mol. The van der Waals surface area contributed by atoms with Crippen LogP contribution in [-0.2, 0) is 9.59 Å². The van der Waals surface area contributed by atoms with Crippen molar-refractivity contribution >= 4 is 33.4 Å². The smallest absolute Gasteiger partial charge is 0.242 e. The van der Waals surface area contributed by atoms with Crippen LogP contribution >= 0.6 is 15.9 Å². The number of nitrogens with zero attached hydrogens (tertiary/aromatic N) is 1. The summed E-state index contributed by atoms with van der Waals surface area (Å²) in [6.45, 7) is 1.24. The van der Waals surface area contributed by atoms with E-state index < -0.39 is 5.54 Å². The van der Waals surface area contributed by atoms with E-state index in [-0.39, 0.29) is 17.7 Å². The highest BCUT2D eigenvalue weighted by atomic mass is 79.9. The molecule has 1 heterocycles. The van der Waals surface area contributed by atoms with Crippen LogP contribution in [0, 0.1) is 5.92 Å². The van der Waals surface area contributed by atoms with E-state index in [2.05, 4.69) is 21.2 Å². The van der Waals surface area contributed by atoms with Gasteiger partial charge < -0.3 is 16.0 Å². The first kappa shape index (κ1) is 17.4. The third-order valence-corrected chi connectivity index (χ3v) is 5.72. The highest BCUT2D eigenvalue weighted by Gasteiger charge is 2.41. The van der Waals surface area contributed by atoms with Gasteiger partial charge in [0, 0.05) is 29.2 Å².